The van der Waals surface area contributed by atoms with E-state index in [0.717, 1.165) is 6.26 Å². The van der Waals surface area contributed by atoms with E-state index in [1.807, 2.05) is 0 Å². The van der Waals surface area contributed by atoms with Crippen LogP contribution in [0.25, 0.3) is 0 Å². The number of aliphatic hydroxyl groups excluding tert-OH is 1. The summed E-state index contributed by atoms with van der Waals surface area (Å²) in [4.78, 5) is 3.39. The van der Waals surface area contributed by atoms with Gasteiger partial charge in [-0.1, -0.05) is 12.3 Å². The summed E-state index contributed by atoms with van der Waals surface area (Å²) in [5.41, 5.74) is 2.17. The monoisotopic (exact) mass is 343 g/mol. The molecule has 0 saturated heterocycles. The predicted octanol–water partition coefficient (Wildman–Crippen LogP) is 2.29. The van der Waals surface area contributed by atoms with Gasteiger partial charge in [0.25, 0.3) is 6.17 Å². The topological polar surface area (TPSA) is 49.7 Å². The molecule has 0 bridgehead atoms. The second-order valence-corrected chi connectivity index (χ2v) is 2.25. The minimum absolute atomic E-state index is 0. The van der Waals surface area contributed by atoms with Crippen molar-refractivity contribution >= 4 is 0 Å². The Hall–Kier alpha value is -0.0761. The van der Waals surface area contributed by atoms with Crippen LogP contribution in [0.3, 0.4) is 0 Å². The number of aliphatic hydroxyl groups is 1. The maximum atomic E-state index is 11.7. The predicted molar refractivity (Wildman–Crippen MR) is 40.4 cm³/mol. The van der Waals surface area contributed by atoms with Crippen molar-refractivity contribution in [3.8, 4) is 0 Å². The van der Waals surface area contributed by atoms with Gasteiger partial charge in [0, 0.05) is 32.7 Å². The largest absolute Gasteiger partial charge is 0.425 e. The van der Waals surface area contributed by atoms with E-state index in [2.05, 4.69) is 17.2 Å². The molecule has 1 radical (unpaired) electrons. The van der Waals surface area contributed by atoms with E-state index in [1.165, 1.54) is 0 Å². The molecule has 0 aromatic heterocycles. The van der Waals surface area contributed by atoms with Crippen LogP contribution in [0.4, 0.5) is 26.3 Å². The van der Waals surface area contributed by atoms with Gasteiger partial charge in [0.2, 0.25) is 0 Å². The average Bonchev–Trinajstić information content (AvgIpc) is 2.17. The first-order valence-corrected chi connectivity index (χ1v) is 3.47. The van der Waals surface area contributed by atoms with E-state index >= 15 is 0 Å². The van der Waals surface area contributed by atoms with Gasteiger partial charge in [0.1, 0.15) is 6.61 Å². The van der Waals surface area contributed by atoms with Crippen LogP contribution in [0.1, 0.15) is 0 Å². The van der Waals surface area contributed by atoms with E-state index in [1.54, 1.807) is 0 Å². The van der Waals surface area contributed by atoms with Crippen molar-refractivity contribution in [2.45, 2.75) is 18.3 Å². The maximum Gasteiger partial charge on any atom is 0.425 e. The summed E-state index contributed by atoms with van der Waals surface area (Å²) in [6.07, 6.45) is -8.99. The fraction of sp³-hybridized carbons (Fsp3) is 0.571. The molecule has 0 fully saturated rings. The zero-order chi connectivity index (χ0) is 13.4. The van der Waals surface area contributed by atoms with Crippen molar-refractivity contribution in [2.24, 2.45) is 0 Å². The molecule has 0 rings (SSSR count). The van der Waals surface area contributed by atoms with Crippen molar-refractivity contribution in [1.29, 1.82) is 0 Å². The molecule has 0 aliphatic carbocycles. The fourth-order valence-electron chi connectivity index (χ4n) is 0.357. The van der Waals surface area contributed by atoms with Crippen LogP contribution in [0.15, 0.2) is 18.6 Å². The molecule has 0 spiro atoms. The van der Waals surface area contributed by atoms with Crippen molar-refractivity contribution in [3.05, 3.63) is 18.6 Å². The maximum absolute atomic E-state index is 11.7. The molecule has 0 aliphatic heterocycles. The molecular formula is C7H8F6O3Y. The summed E-state index contributed by atoms with van der Waals surface area (Å²) in [5.74, 6) is -4.75. The standard InChI is InChI=1S/C4H4F6O.C3H4O2.Y/c5-2(4(8,9)10)3(6,7)1-11;1-2-3-5-4;/h2,11H,1H2;3-4H,1H2;. The summed E-state index contributed by atoms with van der Waals surface area (Å²) >= 11 is 0. The van der Waals surface area contributed by atoms with Gasteiger partial charge in [0.05, 0.1) is 0 Å². The molecule has 99 valence electrons. The molecule has 0 aromatic rings. The van der Waals surface area contributed by atoms with Crippen LogP contribution >= 0.6 is 0 Å². The second kappa shape index (κ2) is 9.90. The van der Waals surface area contributed by atoms with Gasteiger partial charge < -0.3 is 9.99 Å². The summed E-state index contributed by atoms with van der Waals surface area (Å²) in [6, 6.07) is 0. The van der Waals surface area contributed by atoms with Crippen LogP contribution in [0.5, 0.6) is 0 Å². The molecule has 0 amide bonds. The van der Waals surface area contributed by atoms with Crippen LogP contribution in [0, 0.1) is 0 Å². The first-order chi connectivity index (χ1) is 7.13. The van der Waals surface area contributed by atoms with Crippen molar-refractivity contribution in [1.82, 2.24) is 0 Å². The smallest absolute Gasteiger partial charge is 0.390 e. The normalized spacial score (nSPS) is 12.2. The summed E-state index contributed by atoms with van der Waals surface area (Å²) in [5, 5.41) is 15.0. The van der Waals surface area contributed by atoms with Crippen molar-refractivity contribution in [2.75, 3.05) is 6.61 Å². The Labute approximate surface area is 118 Å². The number of hydrogen-bond acceptors (Lipinski definition) is 3. The quantitative estimate of drug-likeness (QED) is 0.272. The Morgan fingerprint density at radius 1 is 1.29 bits per heavy atom. The molecule has 0 heterocycles. The van der Waals surface area contributed by atoms with Crippen molar-refractivity contribution < 1.29 is 74.3 Å². The number of hydrogen-bond donors (Lipinski definition) is 2. The minimum Gasteiger partial charge on any atom is -0.390 e. The molecule has 0 saturated carbocycles. The fourth-order valence-corrected chi connectivity index (χ4v) is 0.357. The molecular weight excluding hydrogens is 335 g/mol. The summed E-state index contributed by atoms with van der Waals surface area (Å²) in [6.45, 7) is 0.926. The molecule has 0 aliphatic rings. The molecule has 17 heavy (non-hydrogen) atoms. The van der Waals surface area contributed by atoms with Gasteiger partial charge >= 0.3 is 12.1 Å². The zero-order valence-electron chi connectivity index (χ0n) is 8.22. The molecule has 1 unspecified atom stereocenters. The first kappa shape index (κ1) is 22.1. The van der Waals surface area contributed by atoms with Gasteiger partial charge in [-0.05, 0) is 0 Å². The van der Waals surface area contributed by atoms with E-state index in [4.69, 9.17) is 10.4 Å². The number of halogens is 6. The van der Waals surface area contributed by atoms with Crippen molar-refractivity contribution in [3.63, 3.8) is 0 Å². The van der Waals surface area contributed by atoms with Gasteiger partial charge in [0.15, 0.2) is 6.26 Å². The third kappa shape index (κ3) is 10.8. The Kier molecular flexibility index (Phi) is 12.9. The van der Waals surface area contributed by atoms with Crippen LogP contribution in [-0.2, 0) is 37.6 Å². The Morgan fingerprint density at radius 2 is 1.71 bits per heavy atom. The van der Waals surface area contributed by atoms with E-state index in [0.29, 0.717) is 0 Å². The first-order valence-electron chi connectivity index (χ1n) is 3.47. The van der Waals surface area contributed by atoms with Gasteiger partial charge in [-0.25, -0.2) is 18.4 Å². The van der Waals surface area contributed by atoms with Gasteiger partial charge in [-0.15, -0.1) is 0 Å². The molecule has 1 atom stereocenters. The SMILES string of the molecule is C=C=COO.OCC(F)(F)C(F)C(F)(F)F.[Y]. The molecule has 10 heteroatoms. The zero-order valence-corrected chi connectivity index (χ0v) is 11.1. The Morgan fingerprint density at radius 3 is 1.76 bits per heavy atom. The second-order valence-electron chi connectivity index (χ2n) is 2.25. The van der Waals surface area contributed by atoms with Crippen LogP contribution in [-0.4, -0.2) is 35.2 Å². The van der Waals surface area contributed by atoms with Crippen LogP contribution < -0.4 is 0 Å². The average molecular weight is 343 g/mol. The Balaban J connectivity index is -0.000000280. The Bertz CT molecular complexity index is 238. The van der Waals surface area contributed by atoms with E-state index in [9.17, 15) is 26.3 Å². The van der Waals surface area contributed by atoms with Crippen LogP contribution in [0.2, 0.25) is 0 Å². The van der Waals surface area contributed by atoms with Gasteiger partial charge in [-0.2, -0.15) is 13.2 Å². The van der Waals surface area contributed by atoms with E-state index < -0.39 is 24.9 Å². The summed E-state index contributed by atoms with van der Waals surface area (Å²) < 4.78 is 68.5. The van der Waals surface area contributed by atoms with Gasteiger partial charge in [-0.3, -0.25) is 0 Å². The molecule has 2 N–H and O–H groups in total. The number of alkyl halides is 6. The summed E-state index contributed by atoms with van der Waals surface area (Å²) in [7, 11) is 0. The minimum atomic E-state index is -5.63. The molecule has 3 nitrogen and oxygen atoms in total. The van der Waals surface area contributed by atoms with E-state index in [-0.39, 0.29) is 32.7 Å². The third-order valence-electron chi connectivity index (χ3n) is 1.01. The third-order valence-corrected chi connectivity index (χ3v) is 1.01. The number of rotatable bonds is 3. The molecule has 0 aromatic carbocycles.